The Labute approximate surface area is 113 Å². The smallest absolute Gasteiger partial charge is 0.290 e. The molecule has 2 atom stereocenters. The van der Waals surface area contributed by atoms with E-state index in [0.717, 1.165) is 18.7 Å². The number of carbonyl (C=O) groups is 2. The van der Waals surface area contributed by atoms with Crippen LogP contribution in [0.1, 0.15) is 24.0 Å². The van der Waals surface area contributed by atoms with Gasteiger partial charge in [-0.2, -0.15) is 0 Å². The Balaban J connectivity index is 0.000000408. The number of carbonyl (C=O) groups excluding carboxylic acids is 1. The maximum Gasteiger partial charge on any atom is 0.290 e. The van der Waals surface area contributed by atoms with Crippen molar-refractivity contribution >= 4 is 18.1 Å². The number of aryl methyl sites for hydroxylation is 2. The van der Waals surface area contributed by atoms with Crippen molar-refractivity contribution < 1.29 is 14.7 Å². The number of carboxylic acid groups (broad SMARTS) is 1. The fourth-order valence-corrected chi connectivity index (χ4v) is 3.07. The van der Waals surface area contributed by atoms with E-state index in [0.29, 0.717) is 17.7 Å². The highest BCUT2D eigenvalue weighted by atomic mass is 16.3. The molecule has 1 aliphatic heterocycles. The largest absolute Gasteiger partial charge is 0.483 e. The third-order valence-electron chi connectivity index (χ3n) is 4.13. The molecule has 1 saturated heterocycles. The summed E-state index contributed by atoms with van der Waals surface area (Å²) in [6.07, 6.45) is 2.34. The molecular formula is C15H19NO3. The van der Waals surface area contributed by atoms with Crippen LogP contribution in [0.5, 0.6) is 0 Å². The van der Waals surface area contributed by atoms with Gasteiger partial charge in [0, 0.05) is 18.2 Å². The van der Waals surface area contributed by atoms with Crippen LogP contribution in [0.2, 0.25) is 0 Å². The highest BCUT2D eigenvalue weighted by molar-refractivity contribution is 5.99. The van der Waals surface area contributed by atoms with Gasteiger partial charge < -0.3 is 10.0 Å². The Morgan fingerprint density at radius 2 is 1.84 bits per heavy atom. The molecular weight excluding hydrogens is 242 g/mol. The summed E-state index contributed by atoms with van der Waals surface area (Å²) in [5, 5.41) is 6.89. The van der Waals surface area contributed by atoms with Gasteiger partial charge in [0.25, 0.3) is 6.47 Å². The molecule has 1 heterocycles. The molecule has 4 nitrogen and oxygen atoms in total. The standard InChI is InChI=1S/C14H17NO.CH2O2/c1-9-4-3-5-10(2)13(9)15-8-11-6-7-12(11)14(15)16;2-1-3/h3-5,11-12H,6-8H2,1-2H3;1H,(H,2,3). The number of nitrogens with zero attached hydrogens (tertiary/aromatic N) is 1. The first-order valence-corrected chi connectivity index (χ1v) is 6.55. The predicted octanol–water partition coefficient (Wildman–Crippen LogP) is 2.38. The van der Waals surface area contributed by atoms with Crippen LogP contribution >= 0.6 is 0 Å². The maximum atomic E-state index is 12.2. The molecule has 1 aliphatic carbocycles. The Morgan fingerprint density at radius 1 is 1.26 bits per heavy atom. The average molecular weight is 261 g/mol. The monoisotopic (exact) mass is 261 g/mol. The molecule has 4 heteroatoms. The summed E-state index contributed by atoms with van der Waals surface area (Å²) in [4.78, 5) is 22.6. The van der Waals surface area contributed by atoms with Crippen molar-refractivity contribution in [2.45, 2.75) is 26.7 Å². The summed E-state index contributed by atoms with van der Waals surface area (Å²) in [5.41, 5.74) is 3.59. The molecule has 19 heavy (non-hydrogen) atoms. The summed E-state index contributed by atoms with van der Waals surface area (Å²) >= 11 is 0. The number of hydrogen-bond donors (Lipinski definition) is 1. The minimum atomic E-state index is -0.250. The lowest BCUT2D eigenvalue weighted by Gasteiger charge is -2.25. The zero-order valence-corrected chi connectivity index (χ0v) is 11.3. The minimum absolute atomic E-state index is 0.250. The van der Waals surface area contributed by atoms with Gasteiger partial charge in [0.1, 0.15) is 0 Å². The summed E-state index contributed by atoms with van der Waals surface area (Å²) in [5.74, 6) is 1.32. The third-order valence-corrected chi connectivity index (χ3v) is 4.13. The first kappa shape index (κ1) is 13.6. The van der Waals surface area contributed by atoms with E-state index in [9.17, 15) is 4.79 Å². The second-order valence-corrected chi connectivity index (χ2v) is 5.24. The lowest BCUT2D eigenvalue weighted by atomic mass is 9.76. The molecule has 2 fully saturated rings. The number of hydrogen-bond acceptors (Lipinski definition) is 2. The Morgan fingerprint density at radius 3 is 2.21 bits per heavy atom. The first-order chi connectivity index (χ1) is 9.10. The molecule has 102 valence electrons. The molecule has 1 aromatic rings. The maximum absolute atomic E-state index is 12.2. The average Bonchev–Trinajstić information content (AvgIpc) is 2.52. The fourth-order valence-electron chi connectivity index (χ4n) is 3.07. The second-order valence-electron chi connectivity index (χ2n) is 5.24. The molecule has 0 spiro atoms. The molecule has 1 aromatic carbocycles. The molecule has 2 aliphatic rings. The molecule has 1 N–H and O–H groups in total. The van der Waals surface area contributed by atoms with E-state index in [1.807, 2.05) is 4.90 Å². The zero-order valence-electron chi connectivity index (χ0n) is 11.3. The number of anilines is 1. The van der Waals surface area contributed by atoms with Crippen LogP contribution in [0.25, 0.3) is 0 Å². The van der Waals surface area contributed by atoms with Crippen LogP contribution in [0.4, 0.5) is 5.69 Å². The number of amides is 1. The Hall–Kier alpha value is -1.84. The van der Waals surface area contributed by atoms with Crippen molar-refractivity contribution in [2.24, 2.45) is 11.8 Å². The van der Waals surface area contributed by atoms with Crippen molar-refractivity contribution in [2.75, 3.05) is 11.4 Å². The molecule has 1 saturated carbocycles. The summed E-state index contributed by atoms with van der Waals surface area (Å²) < 4.78 is 0. The van der Waals surface area contributed by atoms with Gasteiger partial charge in [0.15, 0.2) is 0 Å². The van der Waals surface area contributed by atoms with Gasteiger partial charge in [-0.1, -0.05) is 18.2 Å². The van der Waals surface area contributed by atoms with Gasteiger partial charge in [-0.25, -0.2) is 0 Å². The van der Waals surface area contributed by atoms with Crippen molar-refractivity contribution in [3.05, 3.63) is 29.3 Å². The number of para-hydroxylation sites is 1. The van der Waals surface area contributed by atoms with Crippen molar-refractivity contribution in [3.8, 4) is 0 Å². The minimum Gasteiger partial charge on any atom is -0.483 e. The van der Waals surface area contributed by atoms with Crippen LogP contribution in [0, 0.1) is 25.7 Å². The lowest BCUT2D eigenvalue weighted by Crippen LogP contribution is -2.29. The van der Waals surface area contributed by atoms with Crippen molar-refractivity contribution in [1.82, 2.24) is 0 Å². The van der Waals surface area contributed by atoms with E-state index in [1.165, 1.54) is 17.5 Å². The molecule has 0 radical (unpaired) electrons. The number of fused-ring (bicyclic) bond motifs is 1. The Bertz CT molecular complexity index is 478. The van der Waals surface area contributed by atoms with Crippen LogP contribution in [-0.4, -0.2) is 24.0 Å². The highest BCUT2D eigenvalue weighted by Crippen LogP contribution is 2.44. The SMILES string of the molecule is Cc1cccc(C)c1N1CC2CCC2C1=O.O=CO. The quantitative estimate of drug-likeness (QED) is 0.790. The highest BCUT2D eigenvalue weighted by Gasteiger charge is 2.46. The lowest BCUT2D eigenvalue weighted by molar-refractivity contribution is -0.123. The van der Waals surface area contributed by atoms with E-state index in [1.54, 1.807) is 0 Å². The fraction of sp³-hybridized carbons (Fsp3) is 0.467. The van der Waals surface area contributed by atoms with E-state index in [2.05, 4.69) is 32.0 Å². The Kier molecular flexibility index (Phi) is 3.88. The van der Waals surface area contributed by atoms with Crippen LogP contribution in [0.3, 0.4) is 0 Å². The van der Waals surface area contributed by atoms with Crippen molar-refractivity contribution in [3.63, 3.8) is 0 Å². The number of benzene rings is 1. The zero-order chi connectivity index (χ0) is 14.0. The number of rotatable bonds is 1. The third kappa shape index (κ3) is 2.35. The van der Waals surface area contributed by atoms with E-state index in [4.69, 9.17) is 9.90 Å². The molecule has 2 unspecified atom stereocenters. The summed E-state index contributed by atoms with van der Waals surface area (Å²) in [6, 6.07) is 6.25. The van der Waals surface area contributed by atoms with E-state index >= 15 is 0 Å². The van der Waals surface area contributed by atoms with Crippen LogP contribution in [0.15, 0.2) is 18.2 Å². The summed E-state index contributed by atoms with van der Waals surface area (Å²) in [6.45, 7) is 4.88. The molecule has 1 amide bonds. The van der Waals surface area contributed by atoms with Crippen molar-refractivity contribution in [1.29, 1.82) is 0 Å². The van der Waals surface area contributed by atoms with E-state index in [-0.39, 0.29) is 6.47 Å². The van der Waals surface area contributed by atoms with Gasteiger partial charge in [0.2, 0.25) is 5.91 Å². The normalized spacial score (nSPS) is 24.1. The van der Waals surface area contributed by atoms with Gasteiger partial charge >= 0.3 is 0 Å². The van der Waals surface area contributed by atoms with Gasteiger partial charge in [-0.15, -0.1) is 0 Å². The van der Waals surface area contributed by atoms with Crippen LogP contribution < -0.4 is 4.90 Å². The van der Waals surface area contributed by atoms with Gasteiger partial charge in [-0.3, -0.25) is 9.59 Å². The van der Waals surface area contributed by atoms with E-state index < -0.39 is 0 Å². The van der Waals surface area contributed by atoms with Gasteiger partial charge in [0.05, 0.1) is 0 Å². The molecule has 3 rings (SSSR count). The predicted molar refractivity (Wildman–Crippen MR) is 73.2 cm³/mol. The molecule has 0 aromatic heterocycles. The second kappa shape index (κ2) is 5.43. The molecule has 0 bridgehead atoms. The van der Waals surface area contributed by atoms with Gasteiger partial charge in [-0.05, 0) is 43.7 Å². The first-order valence-electron chi connectivity index (χ1n) is 6.55. The topological polar surface area (TPSA) is 57.6 Å². The summed E-state index contributed by atoms with van der Waals surface area (Å²) in [7, 11) is 0. The van der Waals surface area contributed by atoms with Crippen LogP contribution in [-0.2, 0) is 9.59 Å².